The lowest BCUT2D eigenvalue weighted by atomic mass is 9.89. The van der Waals surface area contributed by atoms with Gasteiger partial charge in [-0.1, -0.05) is 0 Å². The summed E-state index contributed by atoms with van der Waals surface area (Å²) in [6.07, 6.45) is 4.97. The molecule has 0 radical (unpaired) electrons. The highest BCUT2D eigenvalue weighted by molar-refractivity contribution is 5.85. The summed E-state index contributed by atoms with van der Waals surface area (Å²) < 4.78 is 1.90. The van der Waals surface area contributed by atoms with Gasteiger partial charge >= 0.3 is 0 Å². The molecule has 1 aromatic heterocycles. The van der Waals surface area contributed by atoms with Crippen molar-refractivity contribution in [3.63, 3.8) is 0 Å². The van der Waals surface area contributed by atoms with Crippen molar-refractivity contribution < 1.29 is 4.79 Å². The summed E-state index contributed by atoms with van der Waals surface area (Å²) in [7, 11) is 1.95. The number of amides is 1. The summed E-state index contributed by atoms with van der Waals surface area (Å²) in [5.74, 6) is 0.0201. The lowest BCUT2D eigenvalue weighted by molar-refractivity contribution is -0.129. The van der Waals surface area contributed by atoms with Crippen molar-refractivity contribution in [2.75, 3.05) is 6.54 Å². The van der Waals surface area contributed by atoms with Crippen molar-refractivity contribution >= 4 is 18.3 Å². The van der Waals surface area contributed by atoms with Gasteiger partial charge in [0.05, 0.1) is 17.7 Å². The predicted molar refractivity (Wildman–Crippen MR) is 77.1 cm³/mol. The zero-order chi connectivity index (χ0) is 13.3. The van der Waals surface area contributed by atoms with Crippen molar-refractivity contribution in [1.82, 2.24) is 15.1 Å². The Hall–Kier alpha value is -1.07. The number of fused-ring (bicyclic) bond motifs is 1. The number of hydrogen-bond donors (Lipinski definition) is 2. The van der Waals surface area contributed by atoms with E-state index in [-0.39, 0.29) is 24.4 Å². The molecule has 6 heteroatoms. The fourth-order valence-electron chi connectivity index (χ4n) is 2.30. The Bertz CT molecular complexity index is 455. The Kier molecular flexibility index (Phi) is 4.98. The number of rotatable bonds is 3. The number of carbonyl (C=O) groups excluding carboxylic acids is 1. The normalized spacial score (nSPS) is 18.4. The second-order valence-corrected chi connectivity index (χ2v) is 5.68. The van der Waals surface area contributed by atoms with Crippen LogP contribution in [0.15, 0.2) is 6.20 Å². The molecule has 0 aromatic carbocycles. The smallest absolute Gasteiger partial charge is 0.227 e. The predicted octanol–water partition coefficient (Wildman–Crippen LogP) is 1.32. The number of halogens is 1. The first-order chi connectivity index (χ1) is 8.45. The number of nitrogens with zero attached hydrogens (tertiary/aromatic N) is 2. The van der Waals surface area contributed by atoms with E-state index in [0.29, 0.717) is 6.54 Å². The second-order valence-electron chi connectivity index (χ2n) is 5.68. The number of aromatic nitrogens is 2. The quantitative estimate of drug-likeness (QED) is 0.880. The van der Waals surface area contributed by atoms with Gasteiger partial charge in [0.2, 0.25) is 5.91 Å². The van der Waals surface area contributed by atoms with E-state index >= 15 is 0 Å². The molecule has 19 heavy (non-hydrogen) atoms. The largest absolute Gasteiger partial charge is 0.349 e. The van der Waals surface area contributed by atoms with Gasteiger partial charge in [-0.05, 0) is 33.1 Å². The molecule has 1 aromatic rings. The van der Waals surface area contributed by atoms with Gasteiger partial charge in [0.15, 0.2) is 0 Å². The molecule has 1 heterocycles. The number of nitrogens with two attached hydrogens (primary N) is 1. The minimum Gasteiger partial charge on any atom is -0.349 e. The minimum absolute atomic E-state index is 0. The Morgan fingerprint density at radius 3 is 2.95 bits per heavy atom. The number of aryl methyl sites for hydroxylation is 1. The molecular formula is C13H23ClN4O. The summed E-state index contributed by atoms with van der Waals surface area (Å²) >= 11 is 0. The Morgan fingerprint density at radius 1 is 1.63 bits per heavy atom. The summed E-state index contributed by atoms with van der Waals surface area (Å²) in [4.78, 5) is 12.2. The summed E-state index contributed by atoms with van der Waals surface area (Å²) in [5, 5.41) is 7.39. The van der Waals surface area contributed by atoms with Crippen LogP contribution in [0.1, 0.15) is 44.0 Å². The van der Waals surface area contributed by atoms with Crippen molar-refractivity contribution in [1.29, 1.82) is 0 Å². The van der Waals surface area contributed by atoms with Crippen LogP contribution in [0, 0.1) is 5.41 Å². The van der Waals surface area contributed by atoms with E-state index in [1.165, 1.54) is 5.69 Å². The van der Waals surface area contributed by atoms with Gasteiger partial charge in [0.1, 0.15) is 0 Å². The maximum Gasteiger partial charge on any atom is 0.227 e. The lowest BCUT2D eigenvalue weighted by Gasteiger charge is -2.28. The van der Waals surface area contributed by atoms with E-state index < -0.39 is 5.41 Å². The number of carbonyl (C=O) groups is 1. The maximum atomic E-state index is 12.2. The Morgan fingerprint density at radius 2 is 2.32 bits per heavy atom. The first kappa shape index (κ1) is 16.0. The second kappa shape index (κ2) is 5.92. The number of hydrogen-bond acceptors (Lipinski definition) is 3. The molecule has 3 N–H and O–H groups in total. The first-order valence-electron chi connectivity index (χ1n) is 6.47. The van der Waals surface area contributed by atoms with Crippen LogP contribution >= 0.6 is 12.4 Å². The minimum atomic E-state index is -0.514. The standard InChI is InChI=1S/C13H22N4O.ClH/c1-13(2,8-14)12(18)16-10-5-4-6-11-9(10)7-15-17(11)3;/h7,10H,4-6,8,14H2,1-3H3,(H,16,18);1H. The van der Waals surface area contributed by atoms with Gasteiger partial charge in [0, 0.05) is 24.8 Å². The van der Waals surface area contributed by atoms with Crippen LogP contribution in [-0.4, -0.2) is 22.2 Å². The SMILES string of the molecule is Cl.Cn1ncc2c1CCCC2NC(=O)C(C)(C)CN. The molecule has 0 saturated heterocycles. The molecule has 0 spiro atoms. The average molecular weight is 287 g/mol. The topological polar surface area (TPSA) is 72.9 Å². The third-order valence-corrected chi connectivity index (χ3v) is 3.81. The van der Waals surface area contributed by atoms with E-state index in [9.17, 15) is 4.79 Å². The van der Waals surface area contributed by atoms with Crippen LogP contribution in [0.5, 0.6) is 0 Å². The maximum absolute atomic E-state index is 12.2. The van der Waals surface area contributed by atoms with Crippen molar-refractivity contribution in [3.05, 3.63) is 17.5 Å². The molecule has 1 amide bonds. The van der Waals surface area contributed by atoms with Crippen LogP contribution in [0.2, 0.25) is 0 Å². The van der Waals surface area contributed by atoms with Crippen LogP contribution in [0.3, 0.4) is 0 Å². The van der Waals surface area contributed by atoms with E-state index in [1.807, 2.05) is 31.8 Å². The molecule has 5 nitrogen and oxygen atoms in total. The zero-order valence-corrected chi connectivity index (χ0v) is 12.6. The molecular weight excluding hydrogens is 264 g/mol. The van der Waals surface area contributed by atoms with E-state index in [4.69, 9.17) is 5.73 Å². The molecule has 108 valence electrons. The summed E-state index contributed by atoms with van der Waals surface area (Å²) in [5.41, 5.74) is 7.51. The summed E-state index contributed by atoms with van der Waals surface area (Å²) in [6.45, 7) is 4.09. The third-order valence-electron chi connectivity index (χ3n) is 3.81. The van der Waals surface area contributed by atoms with Crippen LogP contribution < -0.4 is 11.1 Å². The highest BCUT2D eigenvalue weighted by Gasteiger charge is 2.30. The molecule has 1 unspecified atom stereocenters. The highest BCUT2D eigenvalue weighted by atomic mass is 35.5. The molecule has 1 atom stereocenters. The van der Waals surface area contributed by atoms with E-state index in [2.05, 4.69) is 10.4 Å². The van der Waals surface area contributed by atoms with E-state index in [0.717, 1.165) is 24.8 Å². The molecule has 1 aliphatic carbocycles. The molecule has 0 saturated carbocycles. The fourth-order valence-corrected chi connectivity index (χ4v) is 2.30. The molecule has 0 fully saturated rings. The van der Waals surface area contributed by atoms with Crippen LogP contribution in [0.4, 0.5) is 0 Å². The van der Waals surface area contributed by atoms with Gasteiger partial charge in [-0.15, -0.1) is 12.4 Å². The van der Waals surface area contributed by atoms with Gasteiger partial charge in [-0.25, -0.2) is 0 Å². The van der Waals surface area contributed by atoms with Crippen molar-refractivity contribution in [3.8, 4) is 0 Å². The monoisotopic (exact) mass is 286 g/mol. The van der Waals surface area contributed by atoms with Crippen molar-refractivity contribution in [2.24, 2.45) is 18.2 Å². The molecule has 1 aliphatic rings. The molecule has 0 bridgehead atoms. The van der Waals surface area contributed by atoms with Gasteiger partial charge < -0.3 is 11.1 Å². The Balaban J connectivity index is 0.00000180. The van der Waals surface area contributed by atoms with Crippen LogP contribution in [0.25, 0.3) is 0 Å². The fraction of sp³-hybridized carbons (Fsp3) is 0.692. The first-order valence-corrected chi connectivity index (χ1v) is 6.47. The van der Waals surface area contributed by atoms with E-state index in [1.54, 1.807) is 0 Å². The van der Waals surface area contributed by atoms with Gasteiger partial charge in [-0.2, -0.15) is 5.10 Å². The van der Waals surface area contributed by atoms with Gasteiger partial charge in [0.25, 0.3) is 0 Å². The third kappa shape index (κ3) is 3.09. The zero-order valence-electron chi connectivity index (χ0n) is 11.8. The van der Waals surface area contributed by atoms with Crippen LogP contribution in [-0.2, 0) is 18.3 Å². The Labute approximate surface area is 120 Å². The van der Waals surface area contributed by atoms with Gasteiger partial charge in [-0.3, -0.25) is 9.48 Å². The molecule has 0 aliphatic heterocycles. The lowest BCUT2D eigenvalue weighted by Crippen LogP contribution is -2.43. The summed E-state index contributed by atoms with van der Waals surface area (Å²) in [6, 6.07) is 0.0841. The molecule has 2 rings (SSSR count). The number of nitrogens with one attached hydrogen (secondary N) is 1. The van der Waals surface area contributed by atoms with Crippen molar-refractivity contribution in [2.45, 2.75) is 39.2 Å². The highest BCUT2D eigenvalue weighted by Crippen LogP contribution is 2.30. The average Bonchev–Trinajstić information content (AvgIpc) is 2.72.